The zero-order valence-electron chi connectivity index (χ0n) is 11.2. The van der Waals surface area contributed by atoms with Crippen LogP contribution in [0.4, 0.5) is 5.82 Å². The van der Waals surface area contributed by atoms with Crippen LogP contribution >= 0.6 is 0 Å². The molecule has 0 saturated carbocycles. The maximum Gasteiger partial charge on any atom is 0.137 e. The Kier molecular flexibility index (Phi) is 5.18. The summed E-state index contributed by atoms with van der Waals surface area (Å²) in [6.07, 6.45) is 0. The third-order valence-corrected chi connectivity index (χ3v) is 3.37. The molecule has 0 saturated heterocycles. The molecule has 3 aromatic rings. The van der Waals surface area contributed by atoms with Gasteiger partial charge in [0.1, 0.15) is 5.82 Å². The Balaban J connectivity index is 0.00000161. The van der Waals surface area contributed by atoms with Gasteiger partial charge in [0.2, 0.25) is 0 Å². The van der Waals surface area contributed by atoms with Gasteiger partial charge in [0, 0.05) is 41.7 Å². The first kappa shape index (κ1) is 15.8. The summed E-state index contributed by atoms with van der Waals surface area (Å²) in [7, 11) is 0. The molecular weight excluding hydrogens is 338 g/mol. The average Bonchev–Trinajstić information content (AvgIpc) is 2.47. The molecule has 0 aliphatic rings. The van der Waals surface area contributed by atoms with Gasteiger partial charge in [-0.3, -0.25) is 4.21 Å². The van der Waals surface area contributed by atoms with E-state index in [1.165, 1.54) is 0 Å². The van der Waals surface area contributed by atoms with Crippen molar-refractivity contribution in [1.82, 2.24) is 4.98 Å². The molecular formula is C15H11N2O2SZn-. The number of hydrogen-bond donors (Lipinski definition) is 1. The van der Waals surface area contributed by atoms with E-state index in [4.69, 9.17) is 0 Å². The van der Waals surface area contributed by atoms with Crippen molar-refractivity contribution >= 4 is 28.0 Å². The second kappa shape index (κ2) is 6.90. The summed E-state index contributed by atoms with van der Waals surface area (Å²) >= 11 is -2.37. The predicted molar refractivity (Wildman–Crippen MR) is 79.7 cm³/mol. The number of para-hydroxylation sites is 1. The molecule has 2 aromatic carbocycles. The zero-order valence-corrected chi connectivity index (χ0v) is 14.9. The van der Waals surface area contributed by atoms with Crippen LogP contribution < -0.4 is 4.72 Å². The largest absolute Gasteiger partial charge is 0.755 e. The van der Waals surface area contributed by atoms with E-state index >= 15 is 0 Å². The molecule has 21 heavy (non-hydrogen) atoms. The van der Waals surface area contributed by atoms with Gasteiger partial charge < -0.3 is 9.27 Å². The standard InChI is InChI=1S/C15H12N2O2S.Zn/c18-20(19)17-14-10-9-12-7-4-8-13(15(12)16-14)11-5-2-1-3-6-11;/h1-10H,(H,16,17)(H,18,19);/p-1. The molecule has 1 heterocycles. The van der Waals surface area contributed by atoms with Crippen LogP contribution in [0.3, 0.4) is 0 Å². The number of rotatable bonds is 3. The van der Waals surface area contributed by atoms with Crippen LogP contribution in [0.25, 0.3) is 22.0 Å². The molecule has 4 nitrogen and oxygen atoms in total. The van der Waals surface area contributed by atoms with Crippen LogP contribution in [0.2, 0.25) is 0 Å². The van der Waals surface area contributed by atoms with E-state index in [0.717, 1.165) is 22.0 Å². The Morgan fingerprint density at radius 3 is 2.43 bits per heavy atom. The Bertz CT molecular complexity index is 781. The quantitative estimate of drug-likeness (QED) is 0.584. The third-order valence-electron chi connectivity index (χ3n) is 2.99. The maximum atomic E-state index is 10.7. The number of anilines is 1. The number of nitrogens with zero attached hydrogens (tertiary/aromatic N) is 1. The molecule has 0 bridgehead atoms. The van der Waals surface area contributed by atoms with E-state index in [2.05, 4.69) is 9.71 Å². The van der Waals surface area contributed by atoms with E-state index in [-0.39, 0.29) is 19.5 Å². The van der Waals surface area contributed by atoms with Gasteiger partial charge in [0.25, 0.3) is 0 Å². The fraction of sp³-hybridized carbons (Fsp3) is 0. The first-order valence-corrected chi connectivity index (χ1v) is 7.12. The summed E-state index contributed by atoms with van der Waals surface area (Å²) in [5.74, 6) is 0.314. The molecule has 1 unspecified atom stereocenters. The molecule has 1 aromatic heterocycles. The van der Waals surface area contributed by atoms with E-state index in [1.807, 2.05) is 54.6 Å². The Morgan fingerprint density at radius 2 is 1.71 bits per heavy atom. The minimum atomic E-state index is -2.37. The van der Waals surface area contributed by atoms with E-state index in [1.54, 1.807) is 6.07 Å². The van der Waals surface area contributed by atoms with Gasteiger partial charge in [-0.05, 0) is 17.7 Å². The number of hydrogen-bond acceptors (Lipinski definition) is 3. The molecule has 0 aliphatic carbocycles. The first-order chi connectivity index (χ1) is 9.74. The molecule has 0 aliphatic heterocycles. The van der Waals surface area contributed by atoms with Gasteiger partial charge in [-0.1, -0.05) is 48.5 Å². The summed E-state index contributed by atoms with van der Waals surface area (Å²) in [6.45, 7) is 0. The normalized spacial score (nSPS) is 11.7. The molecule has 102 valence electrons. The van der Waals surface area contributed by atoms with Crippen LogP contribution in [-0.2, 0) is 30.7 Å². The number of aromatic nitrogens is 1. The van der Waals surface area contributed by atoms with E-state index < -0.39 is 11.3 Å². The van der Waals surface area contributed by atoms with Crippen LogP contribution in [0, 0.1) is 0 Å². The Labute approximate surface area is 137 Å². The first-order valence-electron chi connectivity index (χ1n) is 6.05. The molecule has 1 atom stereocenters. The van der Waals surface area contributed by atoms with Crippen LogP contribution in [0.5, 0.6) is 0 Å². The van der Waals surface area contributed by atoms with Gasteiger partial charge >= 0.3 is 0 Å². The maximum absolute atomic E-state index is 10.7. The minimum absolute atomic E-state index is 0. The van der Waals surface area contributed by atoms with Crippen molar-refractivity contribution < 1.29 is 28.2 Å². The molecule has 0 radical (unpaired) electrons. The minimum Gasteiger partial charge on any atom is -0.755 e. The van der Waals surface area contributed by atoms with Crippen molar-refractivity contribution in [3.8, 4) is 11.1 Å². The molecule has 6 heteroatoms. The van der Waals surface area contributed by atoms with Crippen LogP contribution in [-0.4, -0.2) is 13.7 Å². The summed E-state index contributed by atoms with van der Waals surface area (Å²) in [5, 5.41) is 0.966. The van der Waals surface area contributed by atoms with Gasteiger partial charge in [0.15, 0.2) is 0 Å². The van der Waals surface area contributed by atoms with Crippen molar-refractivity contribution in [3.63, 3.8) is 0 Å². The average molecular weight is 349 g/mol. The summed E-state index contributed by atoms with van der Waals surface area (Å²) in [5.41, 5.74) is 2.79. The number of nitrogens with one attached hydrogen (secondary N) is 1. The van der Waals surface area contributed by atoms with Gasteiger partial charge in [-0.15, -0.1) is 0 Å². The molecule has 0 amide bonds. The molecule has 0 fully saturated rings. The van der Waals surface area contributed by atoms with Crippen molar-refractivity contribution in [2.24, 2.45) is 0 Å². The molecule has 1 N–H and O–H groups in total. The number of benzene rings is 2. The number of pyridine rings is 1. The van der Waals surface area contributed by atoms with Crippen LogP contribution in [0.1, 0.15) is 0 Å². The second-order valence-electron chi connectivity index (χ2n) is 4.28. The Morgan fingerprint density at radius 1 is 0.952 bits per heavy atom. The molecule has 0 spiro atoms. The van der Waals surface area contributed by atoms with Crippen molar-refractivity contribution in [3.05, 3.63) is 60.7 Å². The molecule has 3 rings (SSSR count). The van der Waals surface area contributed by atoms with Gasteiger partial charge in [-0.25, -0.2) is 4.98 Å². The summed E-state index contributed by atoms with van der Waals surface area (Å²) in [6, 6.07) is 19.3. The zero-order chi connectivity index (χ0) is 13.9. The fourth-order valence-corrected chi connectivity index (χ4v) is 2.42. The smallest absolute Gasteiger partial charge is 0.137 e. The summed E-state index contributed by atoms with van der Waals surface area (Å²) < 4.78 is 23.7. The summed E-state index contributed by atoms with van der Waals surface area (Å²) in [4.78, 5) is 4.39. The monoisotopic (exact) mass is 347 g/mol. The van der Waals surface area contributed by atoms with Crippen molar-refractivity contribution in [2.45, 2.75) is 0 Å². The van der Waals surface area contributed by atoms with Crippen molar-refractivity contribution in [2.75, 3.05) is 4.72 Å². The number of fused-ring (bicyclic) bond motifs is 1. The van der Waals surface area contributed by atoms with Gasteiger partial charge in [0.05, 0.1) is 5.52 Å². The van der Waals surface area contributed by atoms with E-state index in [9.17, 15) is 8.76 Å². The fourth-order valence-electron chi connectivity index (χ4n) is 2.14. The van der Waals surface area contributed by atoms with Crippen LogP contribution in [0.15, 0.2) is 60.7 Å². The SMILES string of the molecule is O=S([O-])Nc1ccc2cccc(-c3ccccc3)c2n1.[Zn]. The second-order valence-corrected chi connectivity index (χ2v) is 4.95. The Hall–Kier alpha value is -1.62. The van der Waals surface area contributed by atoms with Gasteiger partial charge in [-0.2, -0.15) is 0 Å². The van der Waals surface area contributed by atoms with E-state index in [0.29, 0.717) is 5.82 Å². The predicted octanol–water partition coefficient (Wildman–Crippen LogP) is 3.11. The third kappa shape index (κ3) is 3.53. The topological polar surface area (TPSA) is 65.0 Å². The van der Waals surface area contributed by atoms with Crippen molar-refractivity contribution in [1.29, 1.82) is 0 Å².